The Kier molecular flexibility index (Phi) is 4.61. The molecule has 3 fully saturated rings. The number of amides is 1. The van der Waals surface area contributed by atoms with Crippen molar-refractivity contribution in [3.8, 4) is 11.5 Å². The molecule has 1 amide bonds. The van der Waals surface area contributed by atoms with Gasteiger partial charge in [-0.1, -0.05) is 6.07 Å². The van der Waals surface area contributed by atoms with E-state index in [-0.39, 0.29) is 11.8 Å². The lowest BCUT2D eigenvalue weighted by Crippen LogP contribution is -2.21. The summed E-state index contributed by atoms with van der Waals surface area (Å²) in [6.07, 6.45) is 9.47. The van der Waals surface area contributed by atoms with Crippen molar-refractivity contribution in [3.63, 3.8) is 0 Å². The minimum absolute atomic E-state index is 0.105. The molecule has 2 N–H and O–H groups in total. The van der Waals surface area contributed by atoms with E-state index in [1.54, 1.807) is 7.11 Å². The molecule has 0 radical (unpaired) electrons. The summed E-state index contributed by atoms with van der Waals surface area (Å²) in [6, 6.07) is 6.45. The average Bonchev–Trinajstić information content (AvgIpc) is 3.30. The normalized spacial score (nSPS) is 31.9. The molecule has 0 aromatic heterocycles. The van der Waals surface area contributed by atoms with Crippen molar-refractivity contribution in [1.82, 2.24) is 0 Å². The van der Waals surface area contributed by atoms with Gasteiger partial charge >= 0.3 is 0 Å². The van der Waals surface area contributed by atoms with Gasteiger partial charge in [0.05, 0.1) is 13.2 Å². The van der Waals surface area contributed by atoms with Crippen molar-refractivity contribution in [2.45, 2.75) is 63.4 Å². The van der Waals surface area contributed by atoms with Crippen LogP contribution in [0.3, 0.4) is 0 Å². The van der Waals surface area contributed by atoms with Gasteiger partial charge in [-0.2, -0.15) is 0 Å². The van der Waals surface area contributed by atoms with Crippen LogP contribution in [0.1, 0.15) is 62.8 Å². The Balaban J connectivity index is 1.47. The number of primary amides is 1. The van der Waals surface area contributed by atoms with E-state index < -0.39 is 0 Å². The molecule has 0 aliphatic heterocycles. The van der Waals surface area contributed by atoms with Crippen LogP contribution in [-0.4, -0.2) is 19.1 Å². The number of ether oxygens (including phenoxy) is 2. The Labute approximate surface area is 150 Å². The molecule has 3 saturated carbocycles. The summed E-state index contributed by atoms with van der Waals surface area (Å²) in [5.74, 6) is 3.62. The van der Waals surface area contributed by atoms with Gasteiger partial charge in [-0.3, -0.25) is 4.79 Å². The Bertz CT molecular complexity index is 624. The molecule has 1 aromatic carbocycles. The molecule has 0 bridgehead atoms. The summed E-state index contributed by atoms with van der Waals surface area (Å²) in [4.78, 5) is 11.5. The first-order valence-corrected chi connectivity index (χ1v) is 9.78. The van der Waals surface area contributed by atoms with E-state index in [9.17, 15) is 4.79 Å². The summed E-state index contributed by atoms with van der Waals surface area (Å²) in [7, 11) is 1.71. The molecule has 3 aliphatic carbocycles. The molecule has 0 saturated heterocycles. The van der Waals surface area contributed by atoms with Crippen LogP contribution in [0.25, 0.3) is 0 Å². The average molecular weight is 343 g/mol. The zero-order valence-corrected chi connectivity index (χ0v) is 15.1. The second-order valence-corrected chi connectivity index (χ2v) is 8.19. The fourth-order valence-corrected chi connectivity index (χ4v) is 5.35. The predicted octanol–water partition coefficient (Wildman–Crippen LogP) is 4.02. The van der Waals surface area contributed by atoms with Crippen LogP contribution in [0.5, 0.6) is 11.5 Å². The van der Waals surface area contributed by atoms with Crippen LogP contribution in [0.4, 0.5) is 0 Å². The molecule has 4 nitrogen and oxygen atoms in total. The molecule has 0 heterocycles. The second kappa shape index (κ2) is 6.89. The standard InChI is InChI=1S/C21H29NO3/c1-24-19-7-6-13(12-20(19)25-18-4-2-3-5-18)14-8-15-10-17(21(22)23)11-16(15)9-14/h6-7,12,14-18H,2-5,8-11H2,1H3,(H2,22,23). The molecular weight excluding hydrogens is 314 g/mol. The maximum atomic E-state index is 11.5. The van der Waals surface area contributed by atoms with Crippen molar-refractivity contribution in [1.29, 1.82) is 0 Å². The monoisotopic (exact) mass is 343 g/mol. The smallest absolute Gasteiger partial charge is 0.220 e. The van der Waals surface area contributed by atoms with Gasteiger partial charge in [0.1, 0.15) is 0 Å². The van der Waals surface area contributed by atoms with E-state index in [0.29, 0.717) is 23.9 Å². The van der Waals surface area contributed by atoms with Gasteiger partial charge in [-0.25, -0.2) is 0 Å². The minimum atomic E-state index is -0.109. The van der Waals surface area contributed by atoms with E-state index in [2.05, 4.69) is 18.2 Å². The molecule has 1 aromatic rings. The van der Waals surface area contributed by atoms with E-state index in [1.807, 2.05) is 0 Å². The maximum absolute atomic E-state index is 11.5. The summed E-state index contributed by atoms with van der Waals surface area (Å²) < 4.78 is 11.8. The first kappa shape index (κ1) is 16.7. The molecule has 4 heteroatoms. The third-order valence-corrected chi connectivity index (χ3v) is 6.67. The molecule has 4 rings (SSSR count). The number of rotatable bonds is 5. The predicted molar refractivity (Wildman–Crippen MR) is 96.8 cm³/mol. The Morgan fingerprint density at radius 3 is 2.32 bits per heavy atom. The largest absolute Gasteiger partial charge is 0.493 e. The van der Waals surface area contributed by atoms with Gasteiger partial charge in [0.15, 0.2) is 11.5 Å². The lowest BCUT2D eigenvalue weighted by molar-refractivity contribution is -0.121. The van der Waals surface area contributed by atoms with Crippen molar-refractivity contribution in [2.24, 2.45) is 23.5 Å². The highest BCUT2D eigenvalue weighted by Gasteiger charge is 2.43. The van der Waals surface area contributed by atoms with Crippen LogP contribution in [0, 0.1) is 17.8 Å². The topological polar surface area (TPSA) is 61.5 Å². The number of carbonyl (C=O) groups is 1. The Morgan fingerprint density at radius 1 is 1.04 bits per heavy atom. The summed E-state index contributed by atoms with van der Waals surface area (Å²) >= 11 is 0. The highest BCUT2D eigenvalue weighted by molar-refractivity contribution is 5.77. The molecule has 25 heavy (non-hydrogen) atoms. The van der Waals surface area contributed by atoms with Gasteiger partial charge in [0, 0.05) is 5.92 Å². The van der Waals surface area contributed by atoms with Crippen molar-refractivity contribution >= 4 is 5.91 Å². The molecule has 3 aliphatic rings. The van der Waals surface area contributed by atoms with Gasteiger partial charge in [0.2, 0.25) is 5.91 Å². The third-order valence-electron chi connectivity index (χ3n) is 6.67. The van der Waals surface area contributed by atoms with E-state index in [0.717, 1.165) is 37.2 Å². The van der Waals surface area contributed by atoms with Gasteiger partial charge < -0.3 is 15.2 Å². The maximum Gasteiger partial charge on any atom is 0.220 e. The minimum Gasteiger partial charge on any atom is -0.493 e. The van der Waals surface area contributed by atoms with Crippen LogP contribution < -0.4 is 15.2 Å². The summed E-state index contributed by atoms with van der Waals surface area (Å²) in [5, 5.41) is 0. The summed E-state index contributed by atoms with van der Waals surface area (Å²) in [6.45, 7) is 0. The molecule has 2 atom stereocenters. The van der Waals surface area contributed by atoms with E-state index in [4.69, 9.17) is 15.2 Å². The fraction of sp³-hybridized carbons (Fsp3) is 0.667. The highest BCUT2D eigenvalue weighted by Crippen LogP contribution is 2.53. The van der Waals surface area contributed by atoms with Gasteiger partial charge in [-0.15, -0.1) is 0 Å². The van der Waals surface area contributed by atoms with Crippen molar-refractivity contribution in [3.05, 3.63) is 23.8 Å². The molecular formula is C21H29NO3. The fourth-order valence-electron chi connectivity index (χ4n) is 5.35. The van der Waals surface area contributed by atoms with Crippen LogP contribution in [-0.2, 0) is 4.79 Å². The number of hydrogen-bond acceptors (Lipinski definition) is 3. The Hall–Kier alpha value is -1.71. The van der Waals surface area contributed by atoms with E-state index >= 15 is 0 Å². The number of methoxy groups -OCH3 is 1. The van der Waals surface area contributed by atoms with Gasteiger partial charge in [0.25, 0.3) is 0 Å². The van der Waals surface area contributed by atoms with Crippen molar-refractivity contribution < 1.29 is 14.3 Å². The first-order chi connectivity index (χ1) is 12.1. The lowest BCUT2D eigenvalue weighted by atomic mass is 9.92. The quantitative estimate of drug-likeness (QED) is 0.878. The number of hydrogen-bond donors (Lipinski definition) is 1. The molecule has 136 valence electrons. The zero-order valence-electron chi connectivity index (χ0n) is 15.1. The number of fused-ring (bicyclic) bond motifs is 1. The third kappa shape index (κ3) is 3.36. The second-order valence-electron chi connectivity index (χ2n) is 8.19. The van der Waals surface area contributed by atoms with E-state index in [1.165, 1.54) is 31.2 Å². The Morgan fingerprint density at radius 2 is 1.72 bits per heavy atom. The molecule has 0 spiro atoms. The SMILES string of the molecule is COc1ccc(C2CC3CC(C(N)=O)CC3C2)cc1OC1CCCC1. The molecule has 2 unspecified atom stereocenters. The summed E-state index contributed by atoms with van der Waals surface area (Å²) in [5.41, 5.74) is 6.87. The zero-order chi connectivity index (χ0) is 17.4. The van der Waals surface area contributed by atoms with Crippen LogP contribution in [0.2, 0.25) is 0 Å². The first-order valence-electron chi connectivity index (χ1n) is 9.78. The number of carbonyl (C=O) groups excluding carboxylic acids is 1. The number of benzene rings is 1. The lowest BCUT2D eigenvalue weighted by Gasteiger charge is -2.19. The van der Waals surface area contributed by atoms with Crippen LogP contribution >= 0.6 is 0 Å². The van der Waals surface area contributed by atoms with Crippen LogP contribution in [0.15, 0.2) is 18.2 Å². The highest BCUT2D eigenvalue weighted by atomic mass is 16.5. The van der Waals surface area contributed by atoms with Gasteiger partial charge in [-0.05, 0) is 86.8 Å². The van der Waals surface area contributed by atoms with Crippen molar-refractivity contribution in [2.75, 3.05) is 7.11 Å². The number of nitrogens with two attached hydrogens (primary N) is 1.